The number of hydrogen-bond donors (Lipinski definition) is 2. The molecule has 4 rings (SSSR count). The van der Waals surface area contributed by atoms with Crippen molar-refractivity contribution in [2.75, 3.05) is 23.4 Å². The first-order chi connectivity index (χ1) is 17.5. The maximum absolute atomic E-state index is 13.2. The summed E-state index contributed by atoms with van der Waals surface area (Å²) in [5.74, 6) is 0.399. The topological polar surface area (TPSA) is 79.9 Å². The van der Waals surface area contributed by atoms with Crippen molar-refractivity contribution in [3.05, 3.63) is 89.6 Å². The van der Waals surface area contributed by atoms with Crippen molar-refractivity contribution in [3.63, 3.8) is 0 Å². The van der Waals surface area contributed by atoms with Crippen LogP contribution in [0.1, 0.15) is 25.0 Å². The van der Waals surface area contributed by atoms with E-state index in [9.17, 15) is 9.59 Å². The zero-order valence-electron chi connectivity index (χ0n) is 20.1. The van der Waals surface area contributed by atoms with Gasteiger partial charge in [0.1, 0.15) is 5.70 Å². The zero-order valence-corrected chi connectivity index (χ0v) is 20.9. The van der Waals surface area contributed by atoms with Crippen LogP contribution in [0.2, 0.25) is 0 Å². The average Bonchev–Trinajstić information content (AvgIpc) is 3.16. The van der Waals surface area contributed by atoms with Crippen LogP contribution in [0.4, 0.5) is 11.4 Å². The van der Waals surface area contributed by atoms with Crippen LogP contribution < -0.4 is 25.0 Å². The number of amides is 2. The van der Waals surface area contributed by atoms with Crippen molar-refractivity contribution in [1.82, 2.24) is 5.32 Å². The maximum Gasteiger partial charge on any atom is 0.281 e. The van der Waals surface area contributed by atoms with Crippen molar-refractivity contribution >= 4 is 46.6 Å². The number of thiocarbonyl (C=S) groups is 1. The Morgan fingerprint density at radius 1 is 1.00 bits per heavy atom. The fourth-order valence-electron chi connectivity index (χ4n) is 3.81. The molecule has 0 unspecified atom stereocenters. The second kappa shape index (κ2) is 11.5. The molecule has 0 atom stereocenters. The molecule has 3 aromatic carbocycles. The smallest absolute Gasteiger partial charge is 0.281 e. The monoisotopic (exact) mass is 501 g/mol. The van der Waals surface area contributed by atoms with E-state index >= 15 is 0 Å². The van der Waals surface area contributed by atoms with Crippen LogP contribution in [0, 0.1) is 0 Å². The summed E-state index contributed by atoms with van der Waals surface area (Å²) in [4.78, 5) is 27.0. The minimum Gasteiger partial charge on any atom is -0.490 e. The predicted molar refractivity (Wildman–Crippen MR) is 145 cm³/mol. The summed E-state index contributed by atoms with van der Waals surface area (Å²) >= 11 is 5.46. The summed E-state index contributed by atoms with van der Waals surface area (Å²) in [6.07, 6.45) is 2.50. The van der Waals surface area contributed by atoms with Gasteiger partial charge in [-0.3, -0.25) is 14.5 Å². The largest absolute Gasteiger partial charge is 0.490 e. The van der Waals surface area contributed by atoms with Gasteiger partial charge in [0.2, 0.25) is 0 Å². The summed E-state index contributed by atoms with van der Waals surface area (Å²) in [6, 6.07) is 22.2. The van der Waals surface area contributed by atoms with Gasteiger partial charge >= 0.3 is 0 Å². The maximum atomic E-state index is 13.2. The van der Waals surface area contributed by atoms with Crippen LogP contribution in [-0.2, 0) is 16.0 Å². The van der Waals surface area contributed by atoms with Gasteiger partial charge in [-0.15, -0.1) is 0 Å². The third kappa shape index (κ3) is 5.72. The molecule has 0 radical (unpaired) electrons. The van der Waals surface area contributed by atoms with E-state index < -0.39 is 0 Å². The van der Waals surface area contributed by atoms with E-state index in [2.05, 4.69) is 10.6 Å². The lowest BCUT2D eigenvalue weighted by Gasteiger charge is -2.17. The number of nitrogens with zero attached hydrogens (tertiary/aromatic N) is 1. The van der Waals surface area contributed by atoms with E-state index in [4.69, 9.17) is 21.7 Å². The molecule has 2 amide bonds. The molecule has 1 aliphatic rings. The van der Waals surface area contributed by atoms with E-state index in [1.165, 1.54) is 4.90 Å². The Balaban J connectivity index is 1.50. The second-order valence-corrected chi connectivity index (χ2v) is 8.34. The third-order valence-corrected chi connectivity index (χ3v) is 5.77. The second-order valence-electron chi connectivity index (χ2n) is 7.95. The van der Waals surface area contributed by atoms with Crippen LogP contribution in [0.3, 0.4) is 0 Å². The van der Waals surface area contributed by atoms with Gasteiger partial charge in [-0.25, -0.2) is 0 Å². The van der Waals surface area contributed by atoms with Gasteiger partial charge in [0, 0.05) is 5.69 Å². The first-order valence-electron chi connectivity index (χ1n) is 11.7. The van der Waals surface area contributed by atoms with Gasteiger partial charge in [0.25, 0.3) is 11.8 Å². The average molecular weight is 502 g/mol. The number of carbonyl (C=O) groups excluding carboxylic acids is 2. The summed E-state index contributed by atoms with van der Waals surface area (Å²) < 4.78 is 11.5. The molecule has 0 bridgehead atoms. The molecule has 1 saturated heterocycles. The van der Waals surface area contributed by atoms with Gasteiger partial charge in [-0.05, 0) is 73.1 Å². The van der Waals surface area contributed by atoms with Crippen LogP contribution in [-0.4, -0.2) is 30.1 Å². The number of para-hydroxylation sites is 2. The molecule has 1 aliphatic heterocycles. The van der Waals surface area contributed by atoms with Crippen LogP contribution >= 0.6 is 12.2 Å². The number of nitrogens with one attached hydrogen (secondary N) is 2. The first-order valence-corrected chi connectivity index (χ1v) is 12.1. The van der Waals surface area contributed by atoms with Crippen LogP contribution in [0.5, 0.6) is 11.5 Å². The Morgan fingerprint density at radius 2 is 1.75 bits per heavy atom. The minimum absolute atomic E-state index is 0.171. The molecule has 2 N–H and O–H groups in total. The number of aryl methyl sites for hydroxylation is 1. The number of anilines is 2. The molecular weight excluding hydrogens is 474 g/mol. The third-order valence-electron chi connectivity index (χ3n) is 5.49. The van der Waals surface area contributed by atoms with Crippen molar-refractivity contribution in [3.8, 4) is 11.5 Å². The predicted octanol–water partition coefficient (Wildman–Crippen LogP) is 4.93. The van der Waals surface area contributed by atoms with Gasteiger partial charge in [0.15, 0.2) is 23.2 Å². The summed E-state index contributed by atoms with van der Waals surface area (Å²) in [5, 5.41) is 6.14. The van der Waals surface area contributed by atoms with Gasteiger partial charge in [0.05, 0.1) is 12.3 Å². The van der Waals surface area contributed by atoms with Crippen molar-refractivity contribution in [2.24, 2.45) is 0 Å². The number of hydrogen-bond acceptors (Lipinski definition) is 5. The van der Waals surface area contributed by atoms with E-state index in [1.54, 1.807) is 36.4 Å². The lowest BCUT2D eigenvalue weighted by Crippen LogP contribution is -2.31. The van der Waals surface area contributed by atoms with Gasteiger partial charge < -0.3 is 20.1 Å². The zero-order chi connectivity index (χ0) is 25.5. The molecule has 7 nitrogen and oxygen atoms in total. The number of rotatable bonds is 9. The Morgan fingerprint density at radius 3 is 2.50 bits per heavy atom. The van der Waals surface area contributed by atoms with E-state index in [1.807, 2.05) is 56.3 Å². The highest BCUT2D eigenvalue weighted by Crippen LogP contribution is 2.31. The Kier molecular flexibility index (Phi) is 7.97. The molecule has 0 spiro atoms. The molecule has 1 fully saturated rings. The normalized spacial score (nSPS) is 14.1. The van der Waals surface area contributed by atoms with E-state index in [0.717, 1.165) is 23.2 Å². The van der Waals surface area contributed by atoms with Gasteiger partial charge in [-0.2, -0.15) is 0 Å². The van der Waals surface area contributed by atoms with E-state index in [0.29, 0.717) is 34.6 Å². The van der Waals surface area contributed by atoms with Crippen molar-refractivity contribution in [2.45, 2.75) is 20.3 Å². The summed E-state index contributed by atoms with van der Waals surface area (Å²) in [5.41, 5.74) is 3.60. The molecule has 1 heterocycles. The lowest BCUT2D eigenvalue weighted by atomic mass is 10.1. The first kappa shape index (κ1) is 24.9. The number of ether oxygens (including phenoxy) is 2. The number of carbonyl (C=O) groups is 2. The van der Waals surface area contributed by atoms with Crippen molar-refractivity contribution < 1.29 is 19.1 Å². The molecule has 0 aromatic heterocycles. The van der Waals surface area contributed by atoms with Crippen LogP contribution in [0.25, 0.3) is 6.08 Å². The highest BCUT2D eigenvalue weighted by Gasteiger charge is 2.33. The van der Waals surface area contributed by atoms with E-state index in [-0.39, 0.29) is 18.4 Å². The summed E-state index contributed by atoms with van der Waals surface area (Å²) in [6.45, 7) is 4.14. The highest BCUT2D eigenvalue weighted by atomic mass is 32.1. The molecule has 184 valence electrons. The minimum atomic E-state index is -0.281. The standard InChI is InChI=1S/C28H27N3O4S/c1-3-20-10-8-9-13-23(20)31-27(33)22(30-28(31)36)16-19-14-15-24(25(17-19)34-4-2)35-18-26(32)29-21-11-6-5-7-12-21/h5-17H,3-4,18H2,1-2H3,(H,29,32)(H,30,36)/b22-16+. The molecule has 0 aliphatic carbocycles. The molecule has 3 aromatic rings. The Hall–Kier alpha value is -4.17. The quantitative estimate of drug-likeness (QED) is 0.320. The Bertz CT molecular complexity index is 1310. The lowest BCUT2D eigenvalue weighted by molar-refractivity contribution is -0.118. The molecule has 0 saturated carbocycles. The summed E-state index contributed by atoms with van der Waals surface area (Å²) in [7, 11) is 0. The van der Waals surface area contributed by atoms with Gasteiger partial charge in [-0.1, -0.05) is 49.4 Å². The highest BCUT2D eigenvalue weighted by molar-refractivity contribution is 7.80. The fraction of sp³-hybridized carbons (Fsp3) is 0.179. The molecule has 36 heavy (non-hydrogen) atoms. The Labute approximate surface area is 215 Å². The molecule has 8 heteroatoms. The van der Waals surface area contributed by atoms with Crippen molar-refractivity contribution in [1.29, 1.82) is 0 Å². The number of benzene rings is 3. The van der Waals surface area contributed by atoms with Crippen LogP contribution in [0.15, 0.2) is 78.5 Å². The SMILES string of the molecule is CCOc1cc(/C=C2/NC(=S)N(c3ccccc3CC)C2=O)ccc1OCC(=O)Nc1ccccc1. The molecular formula is C28H27N3O4S. The fourth-order valence-corrected chi connectivity index (χ4v) is 4.10.